The minimum absolute atomic E-state index is 0.219. The molecule has 1 aromatic carbocycles. The molecule has 0 fully saturated rings. The van der Waals surface area contributed by atoms with E-state index in [1.54, 1.807) is 23.5 Å². The average molecular weight is 375 g/mol. The Kier molecular flexibility index (Phi) is 4.85. The third-order valence-corrected chi connectivity index (χ3v) is 6.37. The molecule has 0 aliphatic heterocycles. The van der Waals surface area contributed by atoms with E-state index < -0.39 is 10.0 Å². The van der Waals surface area contributed by atoms with Gasteiger partial charge in [-0.25, -0.2) is 8.42 Å². The first-order valence-electron chi connectivity index (χ1n) is 6.02. The molecule has 0 aliphatic carbocycles. The van der Waals surface area contributed by atoms with Gasteiger partial charge < -0.3 is 5.73 Å². The van der Waals surface area contributed by atoms with Crippen LogP contribution in [0.2, 0.25) is 0 Å². The molecule has 20 heavy (non-hydrogen) atoms. The van der Waals surface area contributed by atoms with Crippen LogP contribution < -0.4 is 5.73 Å². The summed E-state index contributed by atoms with van der Waals surface area (Å²) in [5, 5.41) is 1.94. The van der Waals surface area contributed by atoms with Gasteiger partial charge >= 0.3 is 0 Å². The van der Waals surface area contributed by atoms with Gasteiger partial charge in [0.2, 0.25) is 10.0 Å². The number of benzene rings is 1. The second-order valence-corrected chi connectivity index (χ2v) is 8.02. The average Bonchev–Trinajstić information content (AvgIpc) is 2.91. The first kappa shape index (κ1) is 15.5. The summed E-state index contributed by atoms with van der Waals surface area (Å²) in [5.74, 6) is 0. The number of thiophene rings is 1. The number of nitrogens with two attached hydrogens (primary N) is 1. The minimum Gasteiger partial charge on any atom is -0.398 e. The van der Waals surface area contributed by atoms with Gasteiger partial charge in [0.15, 0.2) is 0 Å². The van der Waals surface area contributed by atoms with Crippen molar-refractivity contribution in [3.8, 4) is 0 Å². The number of nitrogens with zero attached hydrogens (tertiary/aromatic N) is 1. The lowest BCUT2D eigenvalue weighted by molar-refractivity contribution is 0.426. The quantitative estimate of drug-likeness (QED) is 0.816. The van der Waals surface area contributed by atoms with Crippen LogP contribution in [0.25, 0.3) is 0 Å². The molecule has 2 aromatic rings. The van der Waals surface area contributed by atoms with Gasteiger partial charge in [0.25, 0.3) is 0 Å². The van der Waals surface area contributed by atoms with Crippen molar-refractivity contribution in [2.24, 2.45) is 0 Å². The molecule has 2 rings (SSSR count). The van der Waals surface area contributed by atoms with Crippen LogP contribution in [0, 0.1) is 0 Å². The summed E-state index contributed by atoms with van der Waals surface area (Å²) in [4.78, 5) is 1.23. The molecule has 108 valence electrons. The molecule has 0 unspecified atom stereocenters. The number of anilines is 1. The lowest BCUT2D eigenvalue weighted by atomic mass is 10.3. The fourth-order valence-electron chi connectivity index (χ4n) is 1.77. The van der Waals surface area contributed by atoms with Crippen LogP contribution in [0.4, 0.5) is 5.69 Å². The molecule has 1 heterocycles. The number of hydrogen-bond acceptors (Lipinski definition) is 4. The standard InChI is InChI=1S/C13H15BrN2O2S2/c1-2-16(9-10-4-3-7-19-10)20(17,18)11-5-6-12(14)13(15)8-11/h3-8H,2,9,15H2,1H3. The van der Waals surface area contributed by atoms with E-state index in [2.05, 4.69) is 15.9 Å². The van der Waals surface area contributed by atoms with E-state index in [1.807, 2.05) is 24.4 Å². The molecule has 1 aromatic heterocycles. The maximum atomic E-state index is 12.6. The monoisotopic (exact) mass is 374 g/mol. The maximum absolute atomic E-state index is 12.6. The van der Waals surface area contributed by atoms with E-state index in [0.717, 1.165) is 4.88 Å². The summed E-state index contributed by atoms with van der Waals surface area (Å²) in [6.07, 6.45) is 0. The van der Waals surface area contributed by atoms with Crippen LogP contribution in [0.1, 0.15) is 11.8 Å². The van der Waals surface area contributed by atoms with Crippen molar-refractivity contribution in [3.63, 3.8) is 0 Å². The molecule has 0 saturated carbocycles. The van der Waals surface area contributed by atoms with Gasteiger partial charge in [-0.05, 0) is 45.6 Å². The zero-order valence-corrected chi connectivity index (χ0v) is 14.1. The lowest BCUT2D eigenvalue weighted by Gasteiger charge is -2.20. The molecule has 7 heteroatoms. The number of hydrogen-bond donors (Lipinski definition) is 1. The van der Waals surface area contributed by atoms with Crippen LogP contribution in [0.5, 0.6) is 0 Å². The van der Waals surface area contributed by atoms with Crippen molar-refractivity contribution in [1.82, 2.24) is 4.31 Å². The molecule has 0 aliphatic rings. The molecule has 0 saturated heterocycles. The molecule has 0 atom stereocenters. The topological polar surface area (TPSA) is 63.4 Å². The number of nitrogen functional groups attached to an aromatic ring is 1. The van der Waals surface area contributed by atoms with Gasteiger partial charge in [-0.2, -0.15) is 4.31 Å². The van der Waals surface area contributed by atoms with Crippen LogP contribution in [0.3, 0.4) is 0 Å². The van der Waals surface area contributed by atoms with Crippen molar-refractivity contribution < 1.29 is 8.42 Å². The Morgan fingerprint density at radius 3 is 2.65 bits per heavy atom. The highest BCUT2D eigenvalue weighted by atomic mass is 79.9. The van der Waals surface area contributed by atoms with Crippen LogP contribution in [-0.4, -0.2) is 19.3 Å². The zero-order chi connectivity index (χ0) is 14.8. The fraction of sp³-hybridized carbons (Fsp3) is 0.231. The maximum Gasteiger partial charge on any atom is 0.243 e. The summed E-state index contributed by atoms with van der Waals surface area (Å²) < 4.78 is 27.4. The smallest absolute Gasteiger partial charge is 0.243 e. The molecule has 0 radical (unpaired) electrons. The number of sulfonamides is 1. The van der Waals surface area contributed by atoms with E-state index in [1.165, 1.54) is 10.4 Å². The predicted octanol–water partition coefficient (Wildman–Crippen LogP) is 3.30. The van der Waals surface area contributed by atoms with Gasteiger partial charge in [-0.3, -0.25) is 0 Å². The van der Waals surface area contributed by atoms with E-state index in [9.17, 15) is 8.42 Å². The number of rotatable bonds is 5. The molecule has 4 nitrogen and oxygen atoms in total. The minimum atomic E-state index is -3.53. The van der Waals surface area contributed by atoms with Gasteiger partial charge in [0, 0.05) is 28.1 Å². The first-order valence-corrected chi connectivity index (χ1v) is 9.14. The second-order valence-electron chi connectivity index (χ2n) is 4.19. The van der Waals surface area contributed by atoms with Crippen LogP contribution in [-0.2, 0) is 16.6 Å². The van der Waals surface area contributed by atoms with Gasteiger partial charge in [-0.1, -0.05) is 13.0 Å². The van der Waals surface area contributed by atoms with Crippen molar-refractivity contribution >= 4 is 43.0 Å². The Labute approximate surface area is 131 Å². The molecule has 2 N–H and O–H groups in total. The first-order chi connectivity index (χ1) is 9.45. The highest BCUT2D eigenvalue weighted by Gasteiger charge is 2.24. The summed E-state index contributed by atoms with van der Waals surface area (Å²) in [5.41, 5.74) is 6.18. The molecular weight excluding hydrogens is 360 g/mol. The second kappa shape index (κ2) is 6.26. The predicted molar refractivity (Wildman–Crippen MR) is 86.1 cm³/mol. The summed E-state index contributed by atoms with van der Waals surface area (Å²) in [7, 11) is -3.53. The van der Waals surface area contributed by atoms with E-state index in [-0.39, 0.29) is 4.90 Å². The van der Waals surface area contributed by atoms with E-state index >= 15 is 0 Å². The van der Waals surface area contributed by atoms with Crippen molar-refractivity contribution in [2.75, 3.05) is 12.3 Å². The van der Waals surface area contributed by atoms with Crippen molar-refractivity contribution in [2.45, 2.75) is 18.4 Å². The van der Waals surface area contributed by atoms with Gasteiger partial charge in [-0.15, -0.1) is 11.3 Å². The molecule has 0 spiro atoms. The zero-order valence-electron chi connectivity index (χ0n) is 10.9. The molecule has 0 amide bonds. The van der Waals surface area contributed by atoms with Crippen molar-refractivity contribution in [3.05, 3.63) is 45.1 Å². The highest BCUT2D eigenvalue weighted by Crippen LogP contribution is 2.26. The Bertz CT molecular complexity index is 684. The molecule has 0 bridgehead atoms. The molecular formula is C13H15BrN2O2S2. The fourth-order valence-corrected chi connectivity index (χ4v) is 4.29. The van der Waals surface area contributed by atoms with Gasteiger partial charge in [0.1, 0.15) is 0 Å². The Morgan fingerprint density at radius 2 is 2.10 bits per heavy atom. The normalized spacial score (nSPS) is 11.9. The van der Waals surface area contributed by atoms with E-state index in [4.69, 9.17) is 5.73 Å². The Balaban J connectivity index is 2.33. The summed E-state index contributed by atoms with van der Waals surface area (Å²) in [6, 6.07) is 8.54. The Hall–Kier alpha value is -0.890. The van der Waals surface area contributed by atoms with Crippen molar-refractivity contribution in [1.29, 1.82) is 0 Å². The third kappa shape index (κ3) is 3.22. The Morgan fingerprint density at radius 1 is 1.35 bits per heavy atom. The SMILES string of the molecule is CCN(Cc1cccs1)S(=O)(=O)c1ccc(Br)c(N)c1. The summed E-state index contributed by atoms with van der Waals surface area (Å²) in [6.45, 7) is 2.62. The third-order valence-electron chi connectivity index (χ3n) is 2.87. The van der Waals surface area contributed by atoms with Gasteiger partial charge in [0.05, 0.1) is 4.90 Å². The largest absolute Gasteiger partial charge is 0.398 e. The lowest BCUT2D eigenvalue weighted by Crippen LogP contribution is -2.30. The van der Waals surface area contributed by atoms with Crippen LogP contribution >= 0.6 is 27.3 Å². The summed E-state index contributed by atoms with van der Waals surface area (Å²) >= 11 is 4.81. The van der Waals surface area contributed by atoms with E-state index in [0.29, 0.717) is 23.2 Å². The van der Waals surface area contributed by atoms with Crippen LogP contribution in [0.15, 0.2) is 45.1 Å². The highest BCUT2D eigenvalue weighted by molar-refractivity contribution is 9.10. The number of halogens is 1.